The molecule has 0 aromatic heterocycles. The Morgan fingerprint density at radius 3 is 2.29 bits per heavy atom. The van der Waals surface area contributed by atoms with Crippen LogP contribution in [0.4, 0.5) is 0 Å². The lowest BCUT2D eigenvalue weighted by molar-refractivity contribution is -0.165. The smallest absolute Gasteiger partial charge is 0.321 e. The maximum absolute atomic E-state index is 12.1. The maximum Gasteiger partial charge on any atom is 0.321 e. The van der Waals surface area contributed by atoms with Crippen LogP contribution in [0.1, 0.15) is 25.3 Å². The van der Waals surface area contributed by atoms with Crippen LogP contribution in [0.25, 0.3) is 0 Å². The topological polar surface area (TPSA) is 78.9 Å². The molecular formula is C15H16O6. The summed E-state index contributed by atoms with van der Waals surface area (Å²) in [6, 6.07) is 6.68. The summed E-state index contributed by atoms with van der Waals surface area (Å²) in [5, 5.41) is 0. The number of esters is 3. The van der Waals surface area contributed by atoms with Crippen LogP contribution >= 0.6 is 0 Å². The van der Waals surface area contributed by atoms with Crippen LogP contribution in [-0.4, -0.2) is 31.1 Å². The standard InChI is InChI=1S/C15H16O6/c1-3-19-13(16)12(14(17)20-4-2)11-9-7-5-6-8-10(9)21-15(11)18/h5-8,11-12H,3-4H2,1-2H3. The van der Waals surface area contributed by atoms with Gasteiger partial charge in [0.25, 0.3) is 0 Å². The fourth-order valence-corrected chi connectivity index (χ4v) is 2.28. The number of benzene rings is 1. The molecule has 0 radical (unpaired) electrons. The molecule has 0 spiro atoms. The molecule has 2 rings (SSSR count). The molecule has 6 heteroatoms. The first kappa shape index (κ1) is 15.0. The Balaban J connectivity index is 2.38. The van der Waals surface area contributed by atoms with Gasteiger partial charge in [0.1, 0.15) is 11.7 Å². The van der Waals surface area contributed by atoms with Crippen molar-refractivity contribution in [1.29, 1.82) is 0 Å². The molecule has 1 aromatic rings. The summed E-state index contributed by atoms with van der Waals surface area (Å²) in [5.41, 5.74) is 0.494. The molecule has 0 amide bonds. The van der Waals surface area contributed by atoms with E-state index in [1.807, 2.05) is 0 Å². The van der Waals surface area contributed by atoms with E-state index in [1.54, 1.807) is 38.1 Å². The van der Waals surface area contributed by atoms with Crippen molar-refractivity contribution in [2.75, 3.05) is 13.2 Å². The molecule has 0 saturated carbocycles. The third-order valence-corrected chi connectivity index (χ3v) is 3.13. The summed E-state index contributed by atoms with van der Waals surface area (Å²) in [6.45, 7) is 3.47. The molecule has 1 aromatic carbocycles. The molecule has 21 heavy (non-hydrogen) atoms. The summed E-state index contributed by atoms with van der Waals surface area (Å²) in [6.07, 6.45) is 0. The van der Waals surface area contributed by atoms with Gasteiger partial charge >= 0.3 is 17.9 Å². The van der Waals surface area contributed by atoms with E-state index < -0.39 is 29.7 Å². The van der Waals surface area contributed by atoms with Crippen molar-refractivity contribution >= 4 is 17.9 Å². The van der Waals surface area contributed by atoms with Crippen molar-refractivity contribution < 1.29 is 28.6 Å². The maximum atomic E-state index is 12.1. The van der Waals surface area contributed by atoms with Crippen LogP contribution < -0.4 is 4.74 Å². The molecule has 0 saturated heterocycles. The Bertz CT molecular complexity index is 547. The Kier molecular flexibility index (Phi) is 4.57. The lowest BCUT2D eigenvalue weighted by atomic mass is 9.87. The molecule has 0 aliphatic carbocycles. The van der Waals surface area contributed by atoms with Gasteiger partial charge in [-0.1, -0.05) is 18.2 Å². The molecule has 1 aliphatic heterocycles. The fraction of sp³-hybridized carbons (Fsp3) is 0.400. The second-order valence-electron chi connectivity index (χ2n) is 4.42. The first-order valence-corrected chi connectivity index (χ1v) is 6.74. The predicted molar refractivity (Wildman–Crippen MR) is 71.6 cm³/mol. The van der Waals surface area contributed by atoms with Gasteiger partial charge in [0.15, 0.2) is 5.92 Å². The molecule has 1 unspecified atom stereocenters. The van der Waals surface area contributed by atoms with Gasteiger partial charge in [-0.25, -0.2) is 0 Å². The zero-order chi connectivity index (χ0) is 15.4. The number of para-hydroxylation sites is 1. The van der Waals surface area contributed by atoms with E-state index in [0.29, 0.717) is 11.3 Å². The minimum absolute atomic E-state index is 0.109. The SMILES string of the molecule is CCOC(=O)C(C(=O)OCC)C1C(=O)Oc2ccccc21. The predicted octanol–water partition coefficient (Wildman–Crippen LogP) is 1.43. The van der Waals surface area contributed by atoms with Crippen molar-refractivity contribution in [1.82, 2.24) is 0 Å². The fourth-order valence-electron chi connectivity index (χ4n) is 2.28. The Labute approximate surface area is 122 Å². The van der Waals surface area contributed by atoms with E-state index in [-0.39, 0.29) is 13.2 Å². The van der Waals surface area contributed by atoms with E-state index >= 15 is 0 Å². The average Bonchev–Trinajstić information content (AvgIpc) is 2.77. The Morgan fingerprint density at radius 1 is 1.14 bits per heavy atom. The van der Waals surface area contributed by atoms with Gasteiger partial charge in [0.2, 0.25) is 0 Å². The van der Waals surface area contributed by atoms with E-state index in [4.69, 9.17) is 14.2 Å². The second-order valence-corrected chi connectivity index (χ2v) is 4.42. The zero-order valence-corrected chi connectivity index (χ0v) is 11.8. The normalized spacial score (nSPS) is 16.3. The minimum Gasteiger partial charge on any atom is -0.465 e. The summed E-state index contributed by atoms with van der Waals surface area (Å²) >= 11 is 0. The molecule has 6 nitrogen and oxygen atoms in total. The van der Waals surface area contributed by atoms with Crippen LogP contribution in [0.2, 0.25) is 0 Å². The third-order valence-electron chi connectivity index (χ3n) is 3.13. The van der Waals surface area contributed by atoms with Gasteiger partial charge in [0.05, 0.1) is 13.2 Å². The van der Waals surface area contributed by atoms with Gasteiger partial charge in [-0.2, -0.15) is 0 Å². The summed E-state index contributed by atoms with van der Waals surface area (Å²) in [4.78, 5) is 36.2. The largest absolute Gasteiger partial charge is 0.465 e. The van der Waals surface area contributed by atoms with Crippen LogP contribution in [0.3, 0.4) is 0 Å². The number of hydrogen-bond donors (Lipinski definition) is 0. The Hall–Kier alpha value is -2.37. The first-order chi connectivity index (χ1) is 10.1. The van der Waals surface area contributed by atoms with Crippen molar-refractivity contribution in [2.24, 2.45) is 5.92 Å². The van der Waals surface area contributed by atoms with E-state index in [0.717, 1.165) is 0 Å². The van der Waals surface area contributed by atoms with Crippen LogP contribution in [-0.2, 0) is 23.9 Å². The summed E-state index contributed by atoms with van der Waals surface area (Å²) < 4.78 is 14.9. The molecule has 0 N–H and O–H groups in total. The monoisotopic (exact) mass is 292 g/mol. The lowest BCUT2D eigenvalue weighted by Crippen LogP contribution is -2.36. The summed E-state index contributed by atoms with van der Waals surface area (Å²) in [7, 11) is 0. The first-order valence-electron chi connectivity index (χ1n) is 6.74. The van der Waals surface area contributed by atoms with Crippen LogP contribution in [0.15, 0.2) is 24.3 Å². The molecule has 0 fully saturated rings. The molecule has 1 atom stereocenters. The van der Waals surface area contributed by atoms with Gasteiger partial charge < -0.3 is 14.2 Å². The number of rotatable bonds is 5. The molecule has 1 heterocycles. The molecular weight excluding hydrogens is 276 g/mol. The quantitative estimate of drug-likeness (QED) is 0.464. The van der Waals surface area contributed by atoms with Crippen LogP contribution in [0, 0.1) is 5.92 Å². The number of hydrogen-bond acceptors (Lipinski definition) is 6. The van der Waals surface area contributed by atoms with E-state index in [1.165, 1.54) is 0 Å². The third kappa shape index (κ3) is 2.89. The van der Waals surface area contributed by atoms with Crippen LogP contribution in [0.5, 0.6) is 5.75 Å². The highest BCUT2D eigenvalue weighted by atomic mass is 16.6. The van der Waals surface area contributed by atoms with Gasteiger partial charge in [-0.15, -0.1) is 0 Å². The second kappa shape index (κ2) is 6.39. The average molecular weight is 292 g/mol. The number of fused-ring (bicyclic) bond motifs is 1. The van der Waals surface area contributed by atoms with Gasteiger partial charge in [-0.05, 0) is 19.9 Å². The van der Waals surface area contributed by atoms with E-state index in [9.17, 15) is 14.4 Å². The summed E-state index contributed by atoms with van der Waals surface area (Å²) in [5.74, 6) is -4.24. The molecule has 112 valence electrons. The number of carbonyl (C=O) groups excluding carboxylic acids is 3. The zero-order valence-electron chi connectivity index (χ0n) is 11.8. The minimum atomic E-state index is -1.35. The van der Waals surface area contributed by atoms with Gasteiger partial charge in [-0.3, -0.25) is 14.4 Å². The molecule has 0 bridgehead atoms. The Morgan fingerprint density at radius 2 is 1.71 bits per heavy atom. The van der Waals surface area contributed by atoms with Crippen molar-refractivity contribution in [3.05, 3.63) is 29.8 Å². The van der Waals surface area contributed by atoms with Crippen molar-refractivity contribution in [3.8, 4) is 5.75 Å². The van der Waals surface area contributed by atoms with E-state index in [2.05, 4.69) is 0 Å². The lowest BCUT2D eigenvalue weighted by Gasteiger charge is -2.18. The van der Waals surface area contributed by atoms with Crippen molar-refractivity contribution in [2.45, 2.75) is 19.8 Å². The number of ether oxygens (including phenoxy) is 3. The highest BCUT2D eigenvalue weighted by Gasteiger charge is 2.48. The highest BCUT2D eigenvalue weighted by Crippen LogP contribution is 2.40. The number of carbonyl (C=O) groups is 3. The van der Waals surface area contributed by atoms with Crippen molar-refractivity contribution in [3.63, 3.8) is 0 Å². The van der Waals surface area contributed by atoms with Gasteiger partial charge in [0, 0.05) is 5.56 Å². The molecule has 1 aliphatic rings. The highest BCUT2D eigenvalue weighted by molar-refractivity contribution is 6.03.